The highest BCUT2D eigenvalue weighted by molar-refractivity contribution is 5.81. The Morgan fingerprint density at radius 2 is 1.90 bits per heavy atom. The van der Waals surface area contributed by atoms with Crippen LogP contribution in [0.25, 0.3) is 10.9 Å². The fourth-order valence-electron chi connectivity index (χ4n) is 2.13. The van der Waals surface area contributed by atoms with Crippen LogP contribution in [0.4, 0.5) is 0 Å². The van der Waals surface area contributed by atoms with Gasteiger partial charge in [-0.25, -0.2) is 0 Å². The molecule has 1 aromatic carbocycles. The van der Waals surface area contributed by atoms with E-state index >= 15 is 0 Å². The molecule has 1 aromatic heterocycles. The number of hydrogen-bond acceptors (Lipinski definition) is 2. The van der Waals surface area contributed by atoms with Crippen LogP contribution in [0.3, 0.4) is 0 Å². The van der Waals surface area contributed by atoms with Crippen molar-refractivity contribution in [1.82, 2.24) is 10.3 Å². The molecule has 1 unspecified atom stereocenters. The zero-order chi connectivity index (χ0) is 15.5. The molecule has 0 aliphatic carbocycles. The number of aromatic nitrogens is 1. The predicted octanol–water partition coefficient (Wildman–Crippen LogP) is 4.52. The smallest absolute Gasteiger partial charge is 0.0704 e. The summed E-state index contributed by atoms with van der Waals surface area (Å²) in [6.45, 7) is 12.2. The number of para-hydroxylation sites is 1. The summed E-state index contributed by atoms with van der Waals surface area (Å²) >= 11 is 0. The Balaban J connectivity index is 0.000000491. The summed E-state index contributed by atoms with van der Waals surface area (Å²) in [4.78, 5) is 4.39. The van der Waals surface area contributed by atoms with Gasteiger partial charge in [-0.05, 0) is 44.0 Å². The summed E-state index contributed by atoms with van der Waals surface area (Å²) in [5.41, 5.74) is 2.47. The Hall–Kier alpha value is -1.93. The van der Waals surface area contributed by atoms with Gasteiger partial charge in [0.1, 0.15) is 0 Å². The lowest BCUT2D eigenvalue weighted by molar-refractivity contribution is 0.545. The quantitative estimate of drug-likeness (QED) is 0.788. The molecule has 21 heavy (non-hydrogen) atoms. The molecule has 0 radical (unpaired) electrons. The fraction of sp³-hybridized carbons (Fsp3) is 0.316. The van der Waals surface area contributed by atoms with E-state index in [0.717, 1.165) is 18.5 Å². The first-order chi connectivity index (χ1) is 10.2. The van der Waals surface area contributed by atoms with Crippen LogP contribution in [-0.2, 0) is 6.42 Å². The molecule has 1 heterocycles. The van der Waals surface area contributed by atoms with Crippen molar-refractivity contribution in [1.29, 1.82) is 0 Å². The van der Waals surface area contributed by atoms with Gasteiger partial charge in [0.15, 0.2) is 0 Å². The fourth-order valence-corrected chi connectivity index (χ4v) is 2.13. The number of nitrogens with one attached hydrogen (secondary N) is 1. The standard InChI is InChI=1S/C15H20N2.C4H6/c1-3-9-16-12(2)11-13-8-10-17-15-7-5-4-6-14(13)15;1-3-4-2/h4-8,10,12,16H,3,9,11H2,1-2H3;3-4H,1-2H2. The van der Waals surface area contributed by atoms with Crippen molar-refractivity contribution in [3.63, 3.8) is 0 Å². The van der Waals surface area contributed by atoms with Crippen molar-refractivity contribution in [3.05, 3.63) is 67.4 Å². The molecule has 1 atom stereocenters. The molecule has 112 valence electrons. The molecule has 0 saturated carbocycles. The first-order valence-corrected chi connectivity index (χ1v) is 7.52. The second-order valence-corrected chi connectivity index (χ2v) is 5.02. The van der Waals surface area contributed by atoms with Gasteiger partial charge < -0.3 is 5.32 Å². The molecule has 0 aliphatic rings. The van der Waals surface area contributed by atoms with Crippen LogP contribution in [0.15, 0.2) is 61.8 Å². The Bertz CT molecular complexity index is 549. The third-order valence-corrected chi connectivity index (χ3v) is 3.17. The molecule has 0 fully saturated rings. The average molecular weight is 282 g/mol. The van der Waals surface area contributed by atoms with E-state index in [4.69, 9.17) is 0 Å². The SMILES string of the molecule is C=CC=C.CCCNC(C)Cc1ccnc2ccccc12. The third-order valence-electron chi connectivity index (χ3n) is 3.17. The van der Waals surface area contributed by atoms with Gasteiger partial charge in [-0.1, -0.05) is 50.4 Å². The highest BCUT2D eigenvalue weighted by Crippen LogP contribution is 2.17. The van der Waals surface area contributed by atoms with Gasteiger partial charge in [-0.3, -0.25) is 4.98 Å². The van der Waals surface area contributed by atoms with Crippen LogP contribution in [-0.4, -0.2) is 17.6 Å². The maximum Gasteiger partial charge on any atom is 0.0704 e. The molecule has 0 amide bonds. The summed E-state index contributed by atoms with van der Waals surface area (Å²) in [5.74, 6) is 0. The monoisotopic (exact) mass is 282 g/mol. The zero-order valence-corrected chi connectivity index (χ0v) is 13.2. The van der Waals surface area contributed by atoms with E-state index < -0.39 is 0 Å². The summed E-state index contributed by atoms with van der Waals surface area (Å²) in [6, 6.07) is 11.0. The lowest BCUT2D eigenvalue weighted by atomic mass is 10.0. The van der Waals surface area contributed by atoms with Gasteiger partial charge in [0.25, 0.3) is 0 Å². The van der Waals surface area contributed by atoms with Crippen molar-refractivity contribution in [2.24, 2.45) is 0 Å². The van der Waals surface area contributed by atoms with Crippen LogP contribution in [0, 0.1) is 0 Å². The maximum absolute atomic E-state index is 4.39. The second-order valence-electron chi connectivity index (χ2n) is 5.02. The van der Waals surface area contributed by atoms with E-state index in [1.807, 2.05) is 12.3 Å². The third kappa shape index (κ3) is 5.92. The highest BCUT2D eigenvalue weighted by atomic mass is 14.9. The van der Waals surface area contributed by atoms with Gasteiger partial charge in [0.2, 0.25) is 0 Å². The average Bonchev–Trinajstić information content (AvgIpc) is 2.53. The van der Waals surface area contributed by atoms with E-state index in [9.17, 15) is 0 Å². The molecule has 0 spiro atoms. The summed E-state index contributed by atoms with van der Waals surface area (Å²) < 4.78 is 0. The highest BCUT2D eigenvalue weighted by Gasteiger charge is 2.06. The predicted molar refractivity (Wildman–Crippen MR) is 93.6 cm³/mol. The van der Waals surface area contributed by atoms with Crippen LogP contribution in [0.5, 0.6) is 0 Å². The van der Waals surface area contributed by atoms with E-state index in [1.165, 1.54) is 17.4 Å². The minimum atomic E-state index is 0.515. The molecule has 2 heteroatoms. The molecular formula is C19H26N2. The number of nitrogens with zero attached hydrogens (tertiary/aromatic N) is 1. The molecular weight excluding hydrogens is 256 g/mol. The molecule has 0 saturated heterocycles. The van der Waals surface area contributed by atoms with Crippen molar-refractivity contribution < 1.29 is 0 Å². The molecule has 0 bridgehead atoms. The minimum Gasteiger partial charge on any atom is -0.314 e. The summed E-state index contributed by atoms with van der Waals surface area (Å²) in [7, 11) is 0. The molecule has 1 N–H and O–H groups in total. The first-order valence-electron chi connectivity index (χ1n) is 7.52. The number of benzene rings is 1. The topological polar surface area (TPSA) is 24.9 Å². The van der Waals surface area contributed by atoms with Crippen LogP contribution < -0.4 is 5.32 Å². The molecule has 2 nitrogen and oxygen atoms in total. The van der Waals surface area contributed by atoms with E-state index in [1.54, 1.807) is 12.2 Å². The van der Waals surface area contributed by atoms with Gasteiger partial charge in [0, 0.05) is 17.6 Å². The normalized spacial score (nSPS) is 11.3. The van der Waals surface area contributed by atoms with E-state index in [2.05, 4.69) is 61.6 Å². The number of pyridine rings is 1. The minimum absolute atomic E-state index is 0.515. The Labute approximate surface area is 128 Å². The van der Waals surface area contributed by atoms with Crippen molar-refractivity contribution in [2.45, 2.75) is 32.7 Å². The van der Waals surface area contributed by atoms with Crippen molar-refractivity contribution >= 4 is 10.9 Å². The summed E-state index contributed by atoms with van der Waals surface area (Å²) in [6.07, 6.45) is 7.43. The molecule has 0 aliphatic heterocycles. The largest absolute Gasteiger partial charge is 0.314 e. The maximum atomic E-state index is 4.39. The number of rotatable bonds is 6. The van der Waals surface area contributed by atoms with Crippen LogP contribution in [0.1, 0.15) is 25.8 Å². The Morgan fingerprint density at radius 1 is 1.19 bits per heavy atom. The molecule has 2 rings (SSSR count). The van der Waals surface area contributed by atoms with Gasteiger partial charge in [-0.15, -0.1) is 0 Å². The molecule has 2 aromatic rings. The Morgan fingerprint density at radius 3 is 2.57 bits per heavy atom. The number of hydrogen-bond donors (Lipinski definition) is 1. The van der Waals surface area contributed by atoms with Gasteiger partial charge >= 0.3 is 0 Å². The number of fused-ring (bicyclic) bond motifs is 1. The van der Waals surface area contributed by atoms with Crippen LogP contribution >= 0.6 is 0 Å². The first kappa shape index (κ1) is 17.1. The zero-order valence-electron chi connectivity index (χ0n) is 13.2. The lowest BCUT2D eigenvalue weighted by Gasteiger charge is -2.14. The second kappa shape index (κ2) is 9.89. The van der Waals surface area contributed by atoms with Crippen LogP contribution in [0.2, 0.25) is 0 Å². The van der Waals surface area contributed by atoms with Crippen molar-refractivity contribution in [3.8, 4) is 0 Å². The van der Waals surface area contributed by atoms with Gasteiger partial charge in [-0.2, -0.15) is 0 Å². The number of allylic oxidation sites excluding steroid dienone is 2. The van der Waals surface area contributed by atoms with Gasteiger partial charge in [0.05, 0.1) is 5.52 Å². The summed E-state index contributed by atoms with van der Waals surface area (Å²) in [5, 5.41) is 4.80. The lowest BCUT2D eigenvalue weighted by Crippen LogP contribution is -2.28. The van der Waals surface area contributed by atoms with E-state index in [0.29, 0.717) is 6.04 Å². The van der Waals surface area contributed by atoms with Crippen molar-refractivity contribution in [2.75, 3.05) is 6.54 Å². The Kier molecular flexibility index (Phi) is 8.07. The van der Waals surface area contributed by atoms with E-state index in [-0.39, 0.29) is 0 Å².